The summed E-state index contributed by atoms with van der Waals surface area (Å²) in [4.78, 5) is 11.8. The Morgan fingerprint density at radius 2 is 1.69 bits per heavy atom. The number of hydrogen-bond donors (Lipinski definition) is 0. The Bertz CT molecular complexity index is 1010. The number of rotatable bonds is 3. The topological polar surface area (TPSA) is 22.0 Å². The van der Waals surface area contributed by atoms with Gasteiger partial charge in [-0.05, 0) is 23.8 Å². The highest BCUT2D eigenvalue weighted by atomic mass is 35.5. The van der Waals surface area contributed by atoms with Crippen LogP contribution >= 0.6 is 23.2 Å². The van der Waals surface area contributed by atoms with Crippen molar-refractivity contribution in [3.05, 3.63) is 92.2 Å². The molecule has 0 saturated carbocycles. The summed E-state index contributed by atoms with van der Waals surface area (Å²) in [6.07, 6.45) is -3.06. The molecule has 0 unspecified atom stereocenters. The van der Waals surface area contributed by atoms with Crippen LogP contribution in [0, 0.1) is 0 Å². The Morgan fingerprint density at radius 1 is 0.962 bits per heavy atom. The molecule has 0 aliphatic rings. The van der Waals surface area contributed by atoms with Crippen LogP contribution in [0.25, 0.3) is 11.3 Å². The highest BCUT2D eigenvalue weighted by Crippen LogP contribution is 2.39. The lowest BCUT2D eigenvalue weighted by Crippen LogP contribution is -2.11. The molecule has 3 rings (SSSR count). The first-order chi connectivity index (χ1) is 12.3. The number of pyridine rings is 1. The van der Waals surface area contributed by atoms with Gasteiger partial charge in [0, 0.05) is 35.5 Å². The summed E-state index contributed by atoms with van der Waals surface area (Å²) < 4.78 is 41.1. The largest absolute Gasteiger partial charge is 0.417 e. The SMILES string of the molecule is O=c1ccn(Cc2cccc(Cl)c2)c(-c2cccc(C(F)(F)F)c2Cl)c1. The monoisotopic (exact) mass is 397 g/mol. The fraction of sp³-hybridized carbons (Fsp3) is 0.105. The van der Waals surface area contributed by atoms with Gasteiger partial charge in [-0.2, -0.15) is 13.2 Å². The molecule has 3 aromatic rings. The highest BCUT2D eigenvalue weighted by Gasteiger charge is 2.34. The van der Waals surface area contributed by atoms with E-state index in [-0.39, 0.29) is 11.0 Å². The average Bonchev–Trinajstić information content (AvgIpc) is 2.56. The maximum Gasteiger partial charge on any atom is 0.417 e. The van der Waals surface area contributed by atoms with E-state index >= 15 is 0 Å². The quantitative estimate of drug-likeness (QED) is 0.539. The van der Waals surface area contributed by atoms with Crippen molar-refractivity contribution in [3.63, 3.8) is 0 Å². The molecule has 134 valence electrons. The molecule has 1 heterocycles. The van der Waals surface area contributed by atoms with Gasteiger partial charge in [0.15, 0.2) is 5.43 Å². The van der Waals surface area contributed by atoms with E-state index in [1.165, 1.54) is 30.5 Å². The highest BCUT2D eigenvalue weighted by molar-refractivity contribution is 6.34. The Hall–Kier alpha value is -2.24. The second-order valence-corrected chi connectivity index (χ2v) is 6.48. The molecule has 0 fully saturated rings. The van der Waals surface area contributed by atoms with Crippen molar-refractivity contribution >= 4 is 23.2 Å². The minimum atomic E-state index is -4.58. The molecule has 2 nitrogen and oxygen atoms in total. The van der Waals surface area contributed by atoms with E-state index in [1.807, 2.05) is 6.07 Å². The number of halogens is 5. The van der Waals surface area contributed by atoms with Crippen molar-refractivity contribution in [3.8, 4) is 11.3 Å². The first-order valence-electron chi connectivity index (χ1n) is 7.57. The summed E-state index contributed by atoms with van der Waals surface area (Å²) in [6.45, 7) is 0.322. The number of aromatic nitrogens is 1. The van der Waals surface area contributed by atoms with Crippen LogP contribution in [-0.2, 0) is 12.7 Å². The van der Waals surface area contributed by atoms with Gasteiger partial charge in [-0.1, -0.05) is 47.5 Å². The molecule has 0 radical (unpaired) electrons. The van der Waals surface area contributed by atoms with E-state index in [0.29, 0.717) is 17.3 Å². The van der Waals surface area contributed by atoms with Gasteiger partial charge < -0.3 is 4.57 Å². The maximum absolute atomic E-state index is 13.1. The number of alkyl halides is 3. The molecule has 7 heteroatoms. The average molecular weight is 398 g/mol. The molecule has 2 aromatic carbocycles. The molecule has 0 spiro atoms. The van der Waals surface area contributed by atoms with Crippen molar-refractivity contribution in [1.82, 2.24) is 4.57 Å². The van der Waals surface area contributed by atoms with Gasteiger partial charge in [0.25, 0.3) is 0 Å². The zero-order chi connectivity index (χ0) is 18.9. The molecule has 0 bridgehead atoms. The fourth-order valence-electron chi connectivity index (χ4n) is 2.66. The molecule has 0 N–H and O–H groups in total. The smallest absolute Gasteiger partial charge is 0.343 e. The van der Waals surface area contributed by atoms with Crippen LogP contribution < -0.4 is 5.43 Å². The Kier molecular flexibility index (Phi) is 5.12. The molecule has 0 saturated heterocycles. The van der Waals surface area contributed by atoms with Crippen LogP contribution in [-0.4, -0.2) is 4.57 Å². The van der Waals surface area contributed by atoms with E-state index in [9.17, 15) is 18.0 Å². The van der Waals surface area contributed by atoms with Crippen molar-refractivity contribution in [1.29, 1.82) is 0 Å². The lowest BCUT2D eigenvalue weighted by atomic mass is 10.1. The zero-order valence-corrected chi connectivity index (χ0v) is 14.7. The third-order valence-corrected chi connectivity index (χ3v) is 4.47. The first kappa shape index (κ1) is 18.5. The van der Waals surface area contributed by atoms with Crippen molar-refractivity contribution < 1.29 is 13.2 Å². The van der Waals surface area contributed by atoms with Crippen molar-refractivity contribution in [2.24, 2.45) is 0 Å². The normalized spacial score (nSPS) is 11.6. The Labute approximate surface area is 157 Å². The molecule has 0 amide bonds. The number of nitrogens with zero attached hydrogens (tertiary/aromatic N) is 1. The Balaban J connectivity index is 2.14. The summed E-state index contributed by atoms with van der Waals surface area (Å²) >= 11 is 12.0. The molecular formula is C19H12Cl2F3NO. The van der Waals surface area contributed by atoms with E-state index in [0.717, 1.165) is 11.6 Å². The van der Waals surface area contributed by atoms with Crippen LogP contribution in [0.1, 0.15) is 11.1 Å². The zero-order valence-electron chi connectivity index (χ0n) is 13.2. The lowest BCUT2D eigenvalue weighted by Gasteiger charge is -2.17. The van der Waals surface area contributed by atoms with Crippen LogP contribution in [0.4, 0.5) is 13.2 Å². The third-order valence-electron chi connectivity index (χ3n) is 3.83. The molecule has 0 aliphatic carbocycles. The molecule has 0 atom stereocenters. The van der Waals surface area contributed by atoms with E-state index in [2.05, 4.69) is 0 Å². The van der Waals surface area contributed by atoms with Crippen LogP contribution in [0.2, 0.25) is 10.0 Å². The second-order valence-electron chi connectivity index (χ2n) is 5.67. The lowest BCUT2D eigenvalue weighted by molar-refractivity contribution is -0.137. The number of benzene rings is 2. The van der Waals surface area contributed by atoms with Crippen molar-refractivity contribution in [2.75, 3.05) is 0 Å². The second kappa shape index (κ2) is 7.17. The summed E-state index contributed by atoms with van der Waals surface area (Å²) in [5.74, 6) is 0. The van der Waals surface area contributed by atoms with Gasteiger partial charge in [-0.25, -0.2) is 0 Å². The molecule has 1 aromatic heterocycles. The van der Waals surface area contributed by atoms with Crippen LogP contribution in [0.5, 0.6) is 0 Å². The fourth-order valence-corrected chi connectivity index (χ4v) is 3.20. The summed E-state index contributed by atoms with van der Waals surface area (Å²) in [6, 6.07) is 13.3. The minimum Gasteiger partial charge on any atom is -0.343 e. The molecular weight excluding hydrogens is 386 g/mol. The van der Waals surface area contributed by atoms with Gasteiger partial charge in [-0.3, -0.25) is 4.79 Å². The molecule has 26 heavy (non-hydrogen) atoms. The van der Waals surface area contributed by atoms with Gasteiger partial charge in [0.1, 0.15) is 0 Å². The minimum absolute atomic E-state index is 0.140. The van der Waals surface area contributed by atoms with Gasteiger partial charge in [0.2, 0.25) is 0 Å². The van der Waals surface area contributed by atoms with E-state index in [4.69, 9.17) is 23.2 Å². The van der Waals surface area contributed by atoms with E-state index in [1.54, 1.807) is 22.8 Å². The maximum atomic E-state index is 13.1. The number of hydrogen-bond acceptors (Lipinski definition) is 1. The summed E-state index contributed by atoms with van der Waals surface area (Å²) in [5.41, 5.74) is 0.0124. The first-order valence-corrected chi connectivity index (χ1v) is 8.32. The summed E-state index contributed by atoms with van der Waals surface area (Å²) in [5, 5.41) is 0.104. The van der Waals surface area contributed by atoms with Crippen LogP contribution in [0.3, 0.4) is 0 Å². The predicted molar refractivity (Wildman–Crippen MR) is 96.7 cm³/mol. The van der Waals surface area contributed by atoms with Gasteiger partial charge in [-0.15, -0.1) is 0 Å². The van der Waals surface area contributed by atoms with Crippen molar-refractivity contribution in [2.45, 2.75) is 12.7 Å². The van der Waals surface area contributed by atoms with Gasteiger partial charge in [0.05, 0.1) is 16.3 Å². The van der Waals surface area contributed by atoms with Gasteiger partial charge >= 0.3 is 6.18 Å². The van der Waals surface area contributed by atoms with E-state index < -0.39 is 16.8 Å². The van der Waals surface area contributed by atoms with Crippen LogP contribution in [0.15, 0.2) is 65.6 Å². The predicted octanol–water partition coefficient (Wildman–Crippen LogP) is 5.89. The Morgan fingerprint density at radius 3 is 2.38 bits per heavy atom. The summed E-state index contributed by atoms with van der Waals surface area (Å²) in [7, 11) is 0. The molecule has 0 aliphatic heterocycles. The third kappa shape index (κ3) is 3.94. The standard InChI is InChI=1S/C19H12Cl2F3NO/c20-13-4-1-3-12(9-13)11-25-8-7-14(26)10-17(25)15-5-2-6-16(18(15)21)19(22,23)24/h1-10H,11H2.